The van der Waals surface area contributed by atoms with E-state index in [1.165, 1.54) is 0 Å². The third kappa shape index (κ3) is 3.29. The molecule has 15 heavy (non-hydrogen) atoms. The maximum absolute atomic E-state index is 11.1. The molecule has 1 unspecified atom stereocenters. The molecular formula is C11H10N2O2. The van der Waals surface area contributed by atoms with Crippen molar-refractivity contribution in [1.82, 2.24) is 0 Å². The van der Waals surface area contributed by atoms with Crippen LogP contribution in [0.25, 0.3) is 5.53 Å². The lowest BCUT2D eigenvalue weighted by Gasteiger charge is -2.06. The van der Waals surface area contributed by atoms with E-state index < -0.39 is 5.92 Å². The Morgan fingerprint density at radius 3 is 2.60 bits per heavy atom. The van der Waals surface area contributed by atoms with Gasteiger partial charge < -0.3 is 10.3 Å². The topological polar surface area (TPSA) is 70.5 Å². The van der Waals surface area contributed by atoms with Crippen LogP contribution in [-0.4, -0.2) is 23.1 Å². The van der Waals surface area contributed by atoms with E-state index in [0.717, 1.165) is 18.1 Å². The Kier molecular flexibility index (Phi) is 4.13. The molecule has 0 amide bonds. The van der Waals surface area contributed by atoms with Gasteiger partial charge in [0.2, 0.25) is 5.78 Å². The second-order valence-electron chi connectivity index (χ2n) is 3.07. The molecule has 0 radical (unpaired) electrons. The molecule has 0 N–H and O–H groups in total. The first-order valence-corrected chi connectivity index (χ1v) is 4.48. The summed E-state index contributed by atoms with van der Waals surface area (Å²) in [4.78, 5) is 24.5. The van der Waals surface area contributed by atoms with Crippen molar-refractivity contribution in [3.8, 4) is 0 Å². The molecule has 76 valence electrons. The van der Waals surface area contributed by atoms with Gasteiger partial charge in [0.05, 0.1) is 0 Å². The predicted octanol–water partition coefficient (Wildman–Crippen LogP) is 1.23. The van der Waals surface area contributed by atoms with Crippen molar-refractivity contribution in [2.75, 3.05) is 0 Å². The van der Waals surface area contributed by atoms with Crippen LogP contribution in [0.5, 0.6) is 0 Å². The predicted molar refractivity (Wildman–Crippen MR) is 54.6 cm³/mol. The normalized spacial score (nSPS) is 11.2. The van der Waals surface area contributed by atoms with E-state index in [1.807, 2.05) is 6.07 Å². The van der Waals surface area contributed by atoms with Gasteiger partial charge in [-0.3, -0.25) is 4.79 Å². The van der Waals surface area contributed by atoms with Crippen molar-refractivity contribution in [3.05, 3.63) is 41.4 Å². The fraction of sp³-hybridized carbons (Fsp3) is 0.182. The third-order valence-corrected chi connectivity index (χ3v) is 2.01. The van der Waals surface area contributed by atoms with Crippen molar-refractivity contribution in [2.24, 2.45) is 0 Å². The van der Waals surface area contributed by atoms with E-state index in [-0.39, 0.29) is 12.2 Å². The highest BCUT2D eigenvalue weighted by Crippen LogP contribution is 2.16. The highest BCUT2D eigenvalue weighted by Gasteiger charge is 2.15. The number of carbonyl (C=O) groups is 2. The van der Waals surface area contributed by atoms with Gasteiger partial charge >= 0.3 is 6.21 Å². The summed E-state index contributed by atoms with van der Waals surface area (Å²) in [6, 6.07) is 9.00. The van der Waals surface area contributed by atoms with E-state index >= 15 is 0 Å². The molecule has 0 aliphatic carbocycles. The van der Waals surface area contributed by atoms with Gasteiger partial charge in [0.1, 0.15) is 6.29 Å². The molecule has 0 saturated carbocycles. The summed E-state index contributed by atoms with van der Waals surface area (Å²) < 4.78 is 0. The van der Waals surface area contributed by atoms with Crippen LogP contribution >= 0.6 is 0 Å². The summed E-state index contributed by atoms with van der Waals surface area (Å²) in [6.45, 7) is 0. The zero-order chi connectivity index (χ0) is 11.1. The van der Waals surface area contributed by atoms with E-state index in [2.05, 4.69) is 4.79 Å². The Hall–Kier alpha value is -2.06. The van der Waals surface area contributed by atoms with Crippen molar-refractivity contribution in [2.45, 2.75) is 12.3 Å². The number of carbonyl (C=O) groups excluding carboxylic acids is 2. The first-order chi connectivity index (χ1) is 7.27. The highest BCUT2D eigenvalue weighted by molar-refractivity contribution is 6.25. The summed E-state index contributed by atoms with van der Waals surface area (Å²) in [7, 11) is 0. The van der Waals surface area contributed by atoms with Crippen molar-refractivity contribution >= 4 is 18.3 Å². The van der Waals surface area contributed by atoms with Gasteiger partial charge in [0.25, 0.3) is 0 Å². The molecule has 0 spiro atoms. The van der Waals surface area contributed by atoms with Crippen LogP contribution in [-0.2, 0) is 9.59 Å². The molecule has 1 aromatic carbocycles. The van der Waals surface area contributed by atoms with E-state index in [0.29, 0.717) is 0 Å². The summed E-state index contributed by atoms with van der Waals surface area (Å²) in [6.07, 6.45) is 1.55. The number of aldehydes is 1. The van der Waals surface area contributed by atoms with Crippen LogP contribution in [0.15, 0.2) is 30.3 Å². The number of nitrogens with zero attached hydrogens (tertiary/aromatic N) is 2. The van der Waals surface area contributed by atoms with E-state index in [9.17, 15) is 9.59 Å². The van der Waals surface area contributed by atoms with Crippen LogP contribution in [0.4, 0.5) is 0 Å². The Morgan fingerprint density at radius 2 is 2.07 bits per heavy atom. The lowest BCUT2D eigenvalue weighted by atomic mass is 9.95. The smallest absolute Gasteiger partial charge is 0.323 e. The minimum Gasteiger partial charge on any atom is -0.361 e. The summed E-state index contributed by atoms with van der Waals surface area (Å²) >= 11 is 0. The van der Waals surface area contributed by atoms with Crippen molar-refractivity contribution < 1.29 is 14.4 Å². The molecule has 0 aliphatic heterocycles. The minimum atomic E-state index is -0.475. The van der Waals surface area contributed by atoms with E-state index in [1.54, 1.807) is 24.3 Å². The maximum Gasteiger partial charge on any atom is 0.323 e. The molecule has 1 atom stereocenters. The second-order valence-corrected chi connectivity index (χ2v) is 3.07. The number of hydrogen-bond acceptors (Lipinski definition) is 2. The van der Waals surface area contributed by atoms with Gasteiger partial charge in [-0.1, -0.05) is 30.3 Å². The Labute approximate surface area is 87.2 Å². The first kappa shape index (κ1) is 11.0. The molecular weight excluding hydrogens is 192 g/mol. The Morgan fingerprint density at radius 1 is 1.40 bits per heavy atom. The summed E-state index contributed by atoms with van der Waals surface area (Å²) in [5.74, 6) is -0.852. The molecule has 0 bridgehead atoms. The van der Waals surface area contributed by atoms with Gasteiger partial charge in [-0.05, 0) is 5.56 Å². The second kappa shape index (κ2) is 5.62. The number of rotatable bonds is 5. The zero-order valence-electron chi connectivity index (χ0n) is 8.04. The Bertz CT molecular complexity index is 394. The average Bonchev–Trinajstić information content (AvgIpc) is 2.27. The van der Waals surface area contributed by atoms with Crippen LogP contribution in [0.2, 0.25) is 0 Å². The van der Waals surface area contributed by atoms with Gasteiger partial charge in [-0.15, -0.1) is 0 Å². The van der Waals surface area contributed by atoms with Gasteiger partial charge in [0.15, 0.2) is 0 Å². The van der Waals surface area contributed by atoms with Crippen LogP contribution in [0, 0.1) is 0 Å². The molecule has 1 aromatic rings. The summed E-state index contributed by atoms with van der Waals surface area (Å²) in [5.41, 5.74) is 8.94. The number of ketones is 1. The van der Waals surface area contributed by atoms with Gasteiger partial charge in [-0.25, -0.2) is 0 Å². The fourth-order valence-corrected chi connectivity index (χ4v) is 1.28. The SMILES string of the molecule is [N-]=[N+]=CC(=O)CC(C=O)c1ccccc1. The summed E-state index contributed by atoms with van der Waals surface area (Å²) in [5, 5.41) is 0. The van der Waals surface area contributed by atoms with Crippen molar-refractivity contribution in [1.29, 1.82) is 0 Å². The molecule has 1 rings (SSSR count). The monoisotopic (exact) mass is 202 g/mol. The van der Waals surface area contributed by atoms with Crippen LogP contribution in [0.1, 0.15) is 17.9 Å². The lowest BCUT2D eigenvalue weighted by molar-refractivity contribution is -0.118. The largest absolute Gasteiger partial charge is 0.361 e. The molecule has 0 aromatic heterocycles. The van der Waals surface area contributed by atoms with Crippen LogP contribution < -0.4 is 0 Å². The fourth-order valence-electron chi connectivity index (χ4n) is 1.28. The standard InChI is InChI=1S/C11H10N2O2/c12-13-7-11(15)6-10(8-14)9-4-2-1-3-5-9/h1-5,7-8,10H,6H2. The zero-order valence-corrected chi connectivity index (χ0v) is 8.04. The number of Topliss-reactive ketones (excluding diaryl/α,β-unsaturated/α-hetero) is 1. The molecule has 4 nitrogen and oxygen atoms in total. The van der Waals surface area contributed by atoms with Gasteiger partial charge in [0, 0.05) is 12.3 Å². The van der Waals surface area contributed by atoms with Gasteiger partial charge in [-0.2, -0.15) is 4.79 Å². The molecule has 4 heteroatoms. The van der Waals surface area contributed by atoms with Crippen LogP contribution in [0.3, 0.4) is 0 Å². The molecule has 0 fully saturated rings. The van der Waals surface area contributed by atoms with Crippen molar-refractivity contribution in [3.63, 3.8) is 0 Å². The third-order valence-electron chi connectivity index (χ3n) is 2.01. The minimum absolute atomic E-state index is 0.0254. The number of hydrogen-bond donors (Lipinski definition) is 0. The maximum atomic E-state index is 11.1. The first-order valence-electron chi connectivity index (χ1n) is 4.48. The van der Waals surface area contributed by atoms with E-state index in [4.69, 9.17) is 5.53 Å². The molecule has 0 saturated heterocycles. The quantitative estimate of drug-likeness (QED) is 0.312. The Balaban J connectivity index is 2.77. The number of benzene rings is 1. The lowest BCUT2D eigenvalue weighted by Crippen LogP contribution is -2.09. The molecule has 0 aliphatic rings. The molecule has 0 heterocycles. The average molecular weight is 202 g/mol. The highest BCUT2D eigenvalue weighted by atomic mass is 16.1.